The molecule has 94 valence electrons. The molecule has 0 aromatic carbocycles. The van der Waals surface area contributed by atoms with Crippen LogP contribution in [0.4, 0.5) is 0 Å². The van der Waals surface area contributed by atoms with Crippen LogP contribution in [0.5, 0.6) is 0 Å². The Bertz CT molecular complexity index is 217. The predicted octanol–water partition coefficient (Wildman–Crippen LogP) is 0.748. The van der Waals surface area contributed by atoms with Gasteiger partial charge in [0.25, 0.3) is 0 Å². The van der Waals surface area contributed by atoms with Gasteiger partial charge in [-0.3, -0.25) is 4.79 Å². The van der Waals surface area contributed by atoms with E-state index in [1.54, 1.807) is 0 Å². The third-order valence-corrected chi connectivity index (χ3v) is 3.36. The van der Waals surface area contributed by atoms with Crippen LogP contribution in [-0.4, -0.2) is 47.7 Å². The topological polar surface area (TPSA) is 52.6 Å². The molecule has 1 rings (SSSR count). The van der Waals surface area contributed by atoms with Gasteiger partial charge in [-0.15, -0.1) is 0 Å². The van der Waals surface area contributed by atoms with Gasteiger partial charge in [-0.05, 0) is 26.7 Å². The Morgan fingerprint density at radius 1 is 1.31 bits per heavy atom. The number of hydrogen-bond donors (Lipinski definition) is 2. The zero-order valence-corrected chi connectivity index (χ0v) is 10.4. The zero-order valence-electron chi connectivity index (χ0n) is 10.4. The average Bonchev–Trinajstić information content (AvgIpc) is 2.29. The average molecular weight is 228 g/mol. The number of carbonyl (C=O) groups is 1. The molecular formula is C12H24N2O2. The summed E-state index contributed by atoms with van der Waals surface area (Å²) in [7, 11) is 0. The van der Waals surface area contributed by atoms with Crippen LogP contribution >= 0.6 is 0 Å². The molecule has 1 aliphatic carbocycles. The van der Waals surface area contributed by atoms with Crippen LogP contribution < -0.4 is 5.32 Å². The van der Waals surface area contributed by atoms with Gasteiger partial charge in [-0.25, -0.2) is 0 Å². The highest BCUT2D eigenvalue weighted by Crippen LogP contribution is 2.18. The second kappa shape index (κ2) is 6.86. The maximum Gasteiger partial charge on any atom is 0.236 e. The van der Waals surface area contributed by atoms with Crippen LogP contribution in [0.3, 0.4) is 0 Å². The second-order valence-corrected chi connectivity index (χ2v) is 4.41. The summed E-state index contributed by atoms with van der Waals surface area (Å²) in [5.41, 5.74) is 0. The molecule has 0 unspecified atom stereocenters. The summed E-state index contributed by atoms with van der Waals surface area (Å²) in [6, 6.07) is 0.105. The first kappa shape index (κ1) is 13.5. The van der Waals surface area contributed by atoms with E-state index >= 15 is 0 Å². The van der Waals surface area contributed by atoms with Crippen molar-refractivity contribution in [2.24, 2.45) is 0 Å². The molecule has 0 spiro atoms. The highest BCUT2D eigenvalue weighted by molar-refractivity contribution is 5.78. The van der Waals surface area contributed by atoms with Gasteiger partial charge in [-0.1, -0.05) is 12.8 Å². The van der Waals surface area contributed by atoms with Crippen molar-refractivity contribution >= 4 is 5.91 Å². The monoisotopic (exact) mass is 228 g/mol. The third kappa shape index (κ3) is 3.76. The molecular weight excluding hydrogens is 204 g/mol. The van der Waals surface area contributed by atoms with E-state index in [0.29, 0.717) is 6.54 Å². The first-order chi connectivity index (χ1) is 7.69. The van der Waals surface area contributed by atoms with Crippen LogP contribution in [0, 0.1) is 0 Å². The van der Waals surface area contributed by atoms with Crippen molar-refractivity contribution in [2.75, 3.05) is 19.6 Å². The Balaban J connectivity index is 2.29. The van der Waals surface area contributed by atoms with Gasteiger partial charge in [0.2, 0.25) is 5.91 Å². The van der Waals surface area contributed by atoms with Crippen LogP contribution in [0.25, 0.3) is 0 Å². The molecule has 4 nitrogen and oxygen atoms in total. The molecule has 1 saturated carbocycles. The van der Waals surface area contributed by atoms with Gasteiger partial charge in [0, 0.05) is 19.1 Å². The lowest BCUT2D eigenvalue weighted by molar-refractivity contribution is -0.130. The first-order valence-electron chi connectivity index (χ1n) is 6.38. The highest BCUT2D eigenvalue weighted by atomic mass is 16.3. The summed E-state index contributed by atoms with van der Waals surface area (Å²) < 4.78 is 0. The van der Waals surface area contributed by atoms with E-state index in [9.17, 15) is 9.90 Å². The molecule has 4 heteroatoms. The quantitative estimate of drug-likeness (QED) is 0.730. The highest BCUT2D eigenvalue weighted by Gasteiger charge is 2.23. The van der Waals surface area contributed by atoms with E-state index in [1.165, 1.54) is 0 Å². The minimum absolute atomic E-state index is 0.105. The summed E-state index contributed by atoms with van der Waals surface area (Å²) >= 11 is 0. The van der Waals surface area contributed by atoms with Crippen LogP contribution in [0.2, 0.25) is 0 Å². The van der Waals surface area contributed by atoms with Gasteiger partial charge in [0.15, 0.2) is 0 Å². The Morgan fingerprint density at radius 2 is 1.94 bits per heavy atom. The van der Waals surface area contributed by atoms with Gasteiger partial charge in [0.1, 0.15) is 0 Å². The maximum atomic E-state index is 11.7. The lowest BCUT2D eigenvalue weighted by Crippen LogP contribution is -2.47. The lowest BCUT2D eigenvalue weighted by atomic mass is 9.92. The van der Waals surface area contributed by atoms with Gasteiger partial charge in [-0.2, -0.15) is 0 Å². The number of nitrogens with zero attached hydrogens (tertiary/aromatic N) is 1. The minimum Gasteiger partial charge on any atom is -0.392 e. The number of nitrogens with one attached hydrogen (secondary N) is 1. The molecule has 0 heterocycles. The number of aliphatic hydroxyl groups is 1. The summed E-state index contributed by atoms with van der Waals surface area (Å²) in [5.74, 6) is 0.128. The second-order valence-electron chi connectivity index (χ2n) is 4.41. The summed E-state index contributed by atoms with van der Waals surface area (Å²) in [6.45, 7) is 5.82. The number of carbonyl (C=O) groups excluding carboxylic acids is 1. The van der Waals surface area contributed by atoms with Gasteiger partial charge >= 0.3 is 0 Å². The van der Waals surface area contributed by atoms with Crippen molar-refractivity contribution < 1.29 is 9.90 Å². The van der Waals surface area contributed by atoms with Crippen molar-refractivity contribution in [1.82, 2.24) is 10.2 Å². The van der Waals surface area contributed by atoms with Crippen LogP contribution in [0.1, 0.15) is 39.5 Å². The maximum absolute atomic E-state index is 11.7. The molecule has 0 bridgehead atoms. The number of rotatable bonds is 5. The molecule has 1 fully saturated rings. The van der Waals surface area contributed by atoms with Crippen molar-refractivity contribution in [3.63, 3.8) is 0 Å². The molecule has 2 atom stereocenters. The number of likely N-dealkylation sites (N-methyl/N-ethyl adjacent to an activating group) is 1. The third-order valence-electron chi connectivity index (χ3n) is 3.36. The van der Waals surface area contributed by atoms with E-state index in [4.69, 9.17) is 0 Å². The van der Waals surface area contributed by atoms with Crippen molar-refractivity contribution in [2.45, 2.75) is 51.7 Å². The molecule has 1 aliphatic rings. The SMILES string of the molecule is CCN(CC)C(=O)CN[C@H]1CCCC[C@@H]1O. The van der Waals surface area contributed by atoms with Crippen molar-refractivity contribution in [3.8, 4) is 0 Å². The van der Waals surface area contributed by atoms with Crippen LogP contribution in [-0.2, 0) is 4.79 Å². The summed E-state index contributed by atoms with van der Waals surface area (Å²) in [4.78, 5) is 13.5. The largest absolute Gasteiger partial charge is 0.392 e. The first-order valence-corrected chi connectivity index (χ1v) is 6.38. The van der Waals surface area contributed by atoms with Crippen molar-refractivity contribution in [1.29, 1.82) is 0 Å². The van der Waals surface area contributed by atoms with Crippen LogP contribution in [0.15, 0.2) is 0 Å². The lowest BCUT2D eigenvalue weighted by Gasteiger charge is -2.29. The smallest absolute Gasteiger partial charge is 0.236 e. The normalized spacial score (nSPS) is 25.4. The number of amides is 1. The minimum atomic E-state index is -0.279. The molecule has 16 heavy (non-hydrogen) atoms. The standard InChI is InChI=1S/C12H24N2O2/c1-3-14(4-2)12(16)9-13-10-7-5-6-8-11(10)15/h10-11,13,15H,3-9H2,1-2H3/t10-,11-/m0/s1. The van der Waals surface area contributed by atoms with Gasteiger partial charge < -0.3 is 15.3 Å². The van der Waals surface area contributed by atoms with E-state index in [1.807, 2.05) is 18.7 Å². The zero-order chi connectivity index (χ0) is 12.0. The van der Waals surface area contributed by atoms with E-state index in [2.05, 4.69) is 5.32 Å². The Hall–Kier alpha value is -0.610. The molecule has 0 aromatic rings. The molecule has 0 radical (unpaired) electrons. The Kier molecular flexibility index (Phi) is 5.77. The molecule has 2 N–H and O–H groups in total. The van der Waals surface area contributed by atoms with Gasteiger partial charge in [0.05, 0.1) is 12.6 Å². The molecule has 0 saturated heterocycles. The molecule has 0 aliphatic heterocycles. The number of aliphatic hydroxyl groups excluding tert-OH is 1. The summed E-state index contributed by atoms with van der Waals surface area (Å²) in [5, 5.41) is 12.9. The summed E-state index contributed by atoms with van der Waals surface area (Å²) in [6.07, 6.45) is 3.81. The van der Waals surface area contributed by atoms with E-state index in [-0.39, 0.29) is 18.1 Å². The van der Waals surface area contributed by atoms with Crippen molar-refractivity contribution in [3.05, 3.63) is 0 Å². The Labute approximate surface area is 98.0 Å². The fraction of sp³-hybridized carbons (Fsp3) is 0.917. The molecule has 1 amide bonds. The number of hydrogen-bond acceptors (Lipinski definition) is 3. The predicted molar refractivity (Wildman–Crippen MR) is 64.2 cm³/mol. The fourth-order valence-corrected chi connectivity index (χ4v) is 2.26. The van der Waals surface area contributed by atoms with E-state index < -0.39 is 0 Å². The fourth-order valence-electron chi connectivity index (χ4n) is 2.26. The Morgan fingerprint density at radius 3 is 2.50 bits per heavy atom. The van der Waals surface area contributed by atoms with E-state index in [0.717, 1.165) is 38.8 Å². The molecule has 0 aromatic heterocycles.